The van der Waals surface area contributed by atoms with Crippen molar-refractivity contribution < 1.29 is 0 Å². The predicted molar refractivity (Wildman–Crippen MR) is 179 cm³/mol. The van der Waals surface area contributed by atoms with Crippen LogP contribution in [0.3, 0.4) is 0 Å². The minimum Gasteiger partial charge on any atom is -0.109 e. The molecule has 0 radical (unpaired) electrons. The molecular formula is C33H42P4. The summed E-state index contributed by atoms with van der Waals surface area (Å²) in [5.74, 6) is 1.49. The summed E-state index contributed by atoms with van der Waals surface area (Å²) in [5.41, 5.74) is 1.10. The fourth-order valence-corrected chi connectivity index (χ4v) is 15.2. The second kappa shape index (κ2) is 15.9. The Morgan fingerprint density at radius 2 is 0.622 bits per heavy atom. The number of hydrogen-bond donors (Lipinski definition) is 0. The van der Waals surface area contributed by atoms with Crippen LogP contribution in [0.15, 0.2) is 121 Å². The molecule has 194 valence electrons. The minimum atomic E-state index is -0.448. The molecule has 4 heteroatoms. The van der Waals surface area contributed by atoms with Crippen LogP contribution in [0, 0.1) is 0 Å². The van der Waals surface area contributed by atoms with E-state index in [1.54, 1.807) is 0 Å². The molecule has 0 saturated carbocycles. The van der Waals surface area contributed by atoms with Gasteiger partial charge in [-0.25, -0.2) is 0 Å². The van der Waals surface area contributed by atoms with Crippen molar-refractivity contribution in [1.29, 1.82) is 0 Å². The van der Waals surface area contributed by atoms with E-state index in [2.05, 4.69) is 162 Å². The van der Waals surface area contributed by atoms with Crippen molar-refractivity contribution in [3.05, 3.63) is 121 Å². The van der Waals surface area contributed by atoms with E-state index < -0.39 is 15.8 Å². The molecule has 2 unspecified atom stereocenters. The Morgan fingerprint density at radius 3 is 0.784 bits per heavy atom. The molecule has 0 bridgehead atoms. The van der Waals surface area contributed by atoms with Crippen molar-refractivity contribution in [3.8, 4) is 0 Å². The molecule has 0 amide bonds. The van der Waals surface area contributed by atoms with Crippen molar-refractivity contribution in [2.45, 2.75) is 25.2 Å². The quantitative estimate of drug-likeness (QED) is 0.180. The molecule has 0 fully saturated rings. The van der Waals surface area contributed by atoms with Gasteiger partial charge in [0.1, 0.15) is 0 Å². The molecule has 0 heterocycles. The van der Waals surface area contributed by atoms with E-state index in [0.717, 1.165) is 0 Å². The molecule has 4 rings (SSSR count). The second-order valence-electron chi connectivity index (χ2n) is 9.86. The minimum absolute atomic E-state index is 0.389. The van der Waals surface area contributed by atoms with E-state index in [4.69, 9.17) is 0 Å². The smallest absolute Gasteiger partial charge is 0.00861 e. The second-order valence-corrected chi connectivity index (χ2v) is 20.5. The maximum atomic E-state index is 2.47. The van der Waals surface area contributed by atoms with Gasteiger partial charge >= 0.3 is 0 Å². The fourth-order valence-electron chi connectivity index (χ4n) is 4.59. The Labute approximate surface area is 231 Å². The summed E-state index contributed by atoms with van der Waals surface area (Å²) in [6.07, 6.45) is 0. The zero-order chi connectivity index (χ0) is 26.6. The Hall–Kier alpha value is -1.40. The summed E-state index contributed by atoms with van der Waals surface area (Å²) in [7, 11) is -0.119. The molecule has 0 aliphatic carbocycles. The molecule has 0 saturated heterocycles. The Bertz CT molecular complexity index is 960. The Balaban J connectivity index is 0.000000479. The third-order valence-electron chi connectivity index (χ3n) is 6.22. The van der Waals surface area contributed by atoms with Crippen molar-refractivity contribution >= 4 is 52.9 Å². The summed E-state index contributed by atoms with van der Waals surface area (Å²) >= 11 is 0. The molecule has 0 spiro atoms. The largest absolute Gasteiger partial charge is 0.109 e. The maximum absolute atomic E-state index is 2.47. The normalized spacial score (nSPS) is 12.9. The topological polar surface area (TPSA) is 0 Å². The molecule has 0 nitrogen and oxygen atoms in total. The third-order valence-corrected chi connectivity index (χ3v) is 16.9. The summed E-state index contributed by atoms with van der Waals surface area (Å²) in [6, 6.07) is 44.5. The first-order valence-electron chi connectivity index (χ1n) is 13.0. The molecule has 4 aromatic carbocycles. The molecular weight excluding hydrogens is 520 g/mol. The highest BCUT2D eigenvalue weighted by Gasteiger charge is 2.31. The monoisotopic (exact) mass is 562 g/mol. The summed E-state index contributed by atoms with van der Waals surface area (Å²) in [5, 5.41) is 5.87. The van der Waals surface area contributed by atoms with Gasteiger partial charge in [-0.3, -0.25) is 0 Å². The van der Waals surface area contributed by atoms with Crippen molar-refractivity contribution in [3.63, 3.8) is 0 Å². The van der Waals surface area contributed by atoms with Crippen LogP contribution in [0.1, 0.15) is 13.8 Å². The van der Waals surface area contributed by atoms with Gasteiger partial charge in [0.15, 0.2) is 0 Å². The van der Waals surface area contributed by atoms with Gasteiger partial charge in [-0.15, -0.1) is 15.8 Å². The third kappa shape index (κ3) is 9.38. The van der Waals surface area contributed by atoms with Gasteiger partial charge < -0.3 is 0 Å². The average molecular weight is 563 g/mol. The molecule has 0 N–H and O–H groups in total. The van der Waals surface area contributed by atoms with Crippen molar-refractivity contribution in [2.24, 2.45) is 0 Å². The van der Waals surface area contributed by atoms with Crippen LogP contribution in [0.25, 0.3) is 0 Å². The number of hydrogen-bond acceptors (Lipinski definition) is 0. The Kier molecular flexibility index (Phi) is 12.9. The first-order valence-corrected chi connectivity index (χ1v) is 20.6. The van der Waals surface area contributed by atoms with E-state index >= 15 is 0 Å². The van der Waals surface area contributed by atoms with Gasteiger partial charge in [0.25, 0.3) is 0 Å². The fraction of sp³-hybridized carbons (Fsp3) is 0.273. The SMILES string of the molecule is CC(C(C)P(c1ccccc1)c1ccccc1)P(c1ccccc1)c1ccccc1.CP(C)CP(C)C. The average Bonchev–Trinajstić information content (AvgIpc) is 2.91. The van der Waals surface area contributed by atoms with Crippen molar-refractivity contribution in [2.75, 3.05) is 32.6 Å². The van der Waals surface area contributed by atoms with E-state index in [-0.39, 0.29) is 0 Å². The maximum Gasteiger partial charge on any atom is -0.00861 e. The number of rotatable bonds is 9. The van der Waals surface area contributed by atoms with Crippen molar-refractivity contribution in [1.82, 2.24) is 0 Å². The lowest BCUT2D eigenvalue weighted by atomic mass is 10.3. The predicted octanol–water partition coefficient (Wildman–Crippen LogP) is 8.46. The Morgan fingerprint density at radius 1 is 0.405 bits per heavy atom. The van der Waals surface area contributed by atoms with Crippen LogP contribution >= 0.6 is 31.7 Å². The van der Waals surface area contributed by atoms with Gasteiger partial charge in [-0.2, -0.15) is 0 Å². The van der Waals surface area contributed by atoms with Crippen LogP contribution in [0.5, 0.6) is 0 Å². The molecule has 37 heavy (non-hydrogen) atoms. The van der Waals surface area contributed by atoms with E-state index in [1.165, 1.54) is 27.1 Å². The van der Waals surface area contributed by atoms with E-state index in [0.29, 0.717) is 27.2 Å². The first-order chi connectivity index (χ1) is 17.9. The highest BCUT2D eigenvalue weighted by Crippen LogP contribution is 2.51. The molecule has 2 atom stereocenters. The van der Waals surface area contributed by atoms with Gasteiger partial charge in [-0.1, -0.05) is 135 Å². The lowest BCUT2D eigenvalue weighted by Crippen LogP contribution is -2.31. The summed E-state index contributed by atoms with van der Waals surface area (Å²) in [4.78, 5) is 0. The van der Waals surface area contributed by atoms with Crippen LogP contribution < -0.4 is 21.2 Å². The lowest BCUT2D eigenvalue weighted by Gasteiger charge is -2.35. The number of benzene rings is 4. The lowest BCUT2D eigenvalue weighted by molar-refractivity contribution is 0.912. The van der Waals surface area contributed by atoms with Crippen LogP contribution in [-0.2, 0) is 0 Å². The van der Waals surface area contributed by atoms with Crippen LogP contribution in [0.4, 0.5) is 0 Å². The molecule has 4 aromatic rings. The van der Waals surface area contributed by atoms with Crippen LogP contribution in [0.2, 0.25) is 0 Å². The van der Waals surface area contributed by atoms with E-state index in [1.807, 2.05) is 0 Å². The molecule has 0 aromatic heterocycles. The first kappa shape index (κ1) is 30.1. The molecule has 0 aliphatic heterocycles. The van der Waals surface area contributed by atoms with Gasteiger partial charge in [0.05, 0.1) is 0 Å². The summed E-state index contributed by atoms with van der Waals surface area (Å²) < 4.78 is 0. The van der Waals surface area contributed by atoms with Crippen LogP contribution in [-0.4, -0.2) is 43.9 Å². The zero-order valence-corrected chi connectivity index (χ0v) is 26.8. The van der Waals surface area contributed by atoms with Gasteiger partial charge in [0, 0.05) is 0 Å². The zero-order valence-electron chi connectivity index (χ0n) is 23.2. The molecule has 0 aliphatic rings. The summed E-state index contributed by atoms with van der Waals surface area (Å²) in [6.45, 7) is 14.3. The highest BCUT2D eigenvalue weighted by molar-refractivity contribution is 7.77. The van der Waals surface area contributed by atoms with E-state index in [9.17, 15) is 0 Å². The van der Waals surface area contributed by atoms with Gasteiger partial charge in [-0.05, 0) is 80.9 Å². The standard InChI is InChI=1S/C28H28P2.C5H14P2/c1-23(29(25-15-7-3-8-16-25)26-17-9-4-10-18-26)24(2)30(27-19-11-5-12-20-27)28-21-13-6-14-22-28;1-6(2)5-7(3)4/h3-24H,1-2H3;5H2,1-4H3. The van der Waals surface area contributed by atoms with Gasteiger partial charge in [0.2, 0.25) is 0 Å². The highest BCUT2D eigenvalue weighted by atomic mass is 31.2.